The number of rotatable bonds is 5. The number of carbonyl (C=O) groups excluding carboxylic acids is 2. The molecule has 5 heteroatoms. The molecule has 2 saturated heterocycles. The van der Waals surface area contributed by atoms with Crippen molar-refractivity contribution in [2.24, 2.45) is 17.8 Å². The van der Waals surface area contributed by atoms with Crippen molar-refractivity contribution >= 4 is 17.9 Å². The van der Waals surface area contributed by atoms with Crippen LogP contribution in [0.5, 0.6) is 5.75 Å². The van der Waals surface area contributed by atoms with Gasteiger partial charge in [-0.25, -0.2) is 0 Å². The number of amides is 2. The molecule has 2 fully saturated rings. The van der Waals surface area contributed by atoms with Gasteiger partial charge in [-0.3, -0.25) is 14.5 Å². The molecule has 1 aromatic rings. The van der Waals surface area contributed by atoms with Crippen LogP contribution >= 0.6 is 0 Å². The highest BCUT2D eigenvalue weighted by Gasteiger charge is 2.55. The fourth-order valence-electron chi connectivity index (χ4n) is 5.76. The summed E-state index contributed by atoms with van der Waals surface area (Å²) in [6, 6.07) is 4.04. The lowest BCUT2D eigenvalue weighted by atomic mass is 9.70. The van der Waals surface area contributed by atoms with Crippen LogP contribution in [0.3, 0.4) is 0 Å². The van der Waals surface area contributed by atoms with Gasteiger partial charge in [0.25, 0.3) is 0 Å². The van der Waals surface area contributed by atoms with Crippen LogP contribution in [0.15, 0.2) is 28.9 Å². The minimum absolute atomic E-state index is 0.0259. The van der Waals surface area contributed by atoms with Gasteiger partial charge in [0.2, 0.25) is 11.8 Å². The molecule has 1 N–H and O–H groups in total. The summed E-state index contributed by atoms with van der Waals surface area (Å²) in [4.78, 5) is 26.5. The van der Waals surface area contributed by atoms with Gasteiger partial charge in [0, 0.05) is 13.0 Å². The normalized spacial score (nSPS) is 28.4. The number of aryl methyl sites for hydroxylation is 2. The van der Waals surface area contributed by atoms with E-state index in [1.165, 1.54) is 21.6 Å². The van der Waals surface area contributed by atoms with Crippen molar-refractivity contribution in [3.05, 3.63) is 45.5 Å². The first kappa shape index (κ1) is 21.8. The smallest absolute Gasteiger partial charge is 0.233 e. The second-order valence-corrected chi connectivity index (χ2v) is 9.43. The van der Waals surface area contributed by atoms with E-state index in [-0.39, 0.29) is 35.7 Å². The highest BCUT2D eigenvalue weighted by atomic mass is 16.5. The number of nitrogens with zero attached hydrogens (tertiary/aromatic N) is 1. The quantitative estimate of drug-likeness (QED) is 0.557. The molecule has 0 spiro atoms. The zero-order valence-electron chi connectivity index (χ0n) is 19.2. The summed E-state index contributed by atoms with van der Waals surface area (Å²) in [6.07, 6.45) is 5.68. The van der Waals surface area contributed by atoms with Crippen molar-refractivity contribution in [2.75, 3.05) is 13.7 Å². The van der Waals surface area contributed by atoms with E-state index in [2.05, 4.69) is 19.9 Å². The lowest BCUT2D eigenvalue weighted by molar-refractivity contribution is -0.138. The third kappa shape index (κ3) is 3.73. The van der Waals surface area contributed by atoms with Crippen molar-refractivity contribution in [3.8, 4) is 5.75 Å². The number of aromatic hydroxyl groups is 1. The predicted octanol–water partition coefficient (Wildman–Crippen LogP) is 4.55. The molecule has 2 aliphatic heterocycles. The van der Waals surface area contributed by atoms with Crippen LogP contribution in [-0.4, -0.2) is 41.6 Å². The van der Waals surface area contributed by atoms with E-state index < -0.39 is 0 Å². The Kier molecular flexibility index (Phi) is 5.82. The number of likely N-dealkylation sites (tertiary alicyclic amines) is 1. The maximum Gasteiger partial charge on any atom is 0.233 e. The van der Waals surface area contributed by atoms with E-state index in [0.717, 1.165) is 36.0 Å². The fourth-order valence-corrected chi connectivity index (χ4v) is 5.76. The molecule has 0 bridgehead atoms. The van der Waals surface area contributed by atoms with Crippen LogP contribution in [-0.2, 0) is 14.3 Å². The summed E-state index contributed by atoms with van der Waals surface area (Å²) in [6.45, 7) is 8.66. The summed E-state index contributed by atoms with van der Waals surface area (Å²) in [5.41, 5.74) is 6.74. The lowest BCUT2D eigenvalue weighted by Gasteiger charge is -2.30. The Morgan fingerprint density at radius 1 is 1.16 bits per heavy atom. The minimum atomic E-state index is -0.245. The molecule has 2 amide bonds. The molecule has 0 unspecified atom stereocenters. The second-order valence-electron chi connectivity index (χ2n) is 9.43. The molecule has 1 aliphatic carbocycles. The minimum Gasteiger partial charge on any atom is -0.507 e. The Balaban J connectivity index is 1.50. The van der Waals surface area contributed by atoms with E-state index in [9.17, 15) is 14.7 Å². The number of imide groups is 1. The summed E-state index contributed by atoms with van der Waals surface area (Å²) in [5.74, 6) is -0.120. The first-order valence-corrected chi connectivity index (χ1v) is 11.3. The number of fused-ring (bicyclic) bond motifs is 3. The SMILES string of the molecule is CC/C(=C\c1cc(C)c(O)c(C)c1)CC[C@H]1OC[C@H]2C1=C(C)C[C@H]1C(=O)N(C)C(=O)[C@H]12. The number of hydrogen-bond donors (Lipinski definition) is 1. The highest BCUT2D eigenvalue weighted by Crippen LogP contribution is 2.49. The number of ether oxygens (including phenoxy) is 1. The first-order valence-electron chi connectivity index (χ1n) is 11.3. The van der Waals surface area contributed by atoms with E-state index in [4.69, 9.17) is 4.74 Å². The van der Waals surface area contributed by atoms with Gasteiger partial charge in [-0.1, -0.05) is 24.1 Å². The third-order valence-corrected chi connectivity index (χ3v) is 7.44. The monoisotopic (exact) mass is 423 g/mol. The zero-order chi connectivity index (χ0) is 22.4. The molecule has 31 heavy (non-hydrogen) atoms. The molecule has 0 radical (unpaired) electrons. The molecular formula is C26H33NO4. The van der Waals surface area contributed by atoms with Gasteiger partial charge in [0.15, 0.2) is 0 Å². The molecule has 3 aliphatic rings. The number of benzene rings is 1. The van der Waals surface area contributed by atoms with Gasteiger partial charge in [-0.2, -0.15) is 0 Å². The van der Waals surface area contributed by atoms with Crippen molar-refractivity contribution < 1.29 is 19.4 Å². The maximum absolute atomic E-state index is 12.7. The standard InChI is InChI=1S/C26H33NO4/c1-6-17(12-18-9-15(3)24(28)16(4)10-18)7-8-21-22-14(2)11-19-23(20(22)13-31-21)26(30)27(5)25(19)29/h9-10,12,19-21,23,28H,6-8,11,13H2,1-5H3/b17-12+/t19-,20+,21-,23-/m1/s1. The number of allylic oxidation sites excluding steroid dienone is 2. The van der Waals surface area contributed by atoms with Crippen LogP contribution in [0.4, 0.5) is 0 Å². The van der Waals surface area contributed by atoms with E-state index in [1.807, 2.05) is 26.0 Å². The van der Waals surface area contributed by atoms with E-state index >= 15 is 0 Å². The lowest BCUT2D eigenvalue weighted by Crippen LogP contribution is -2.33. The number of phenolic OH excluding ortho intramolecular Hbond substituents is 1. The summed E-state index contributed by atoms with van der Waals surface area (Å²) in [5, 5.41) is 10.0. The van der Waals surface area contributed by atoms with Crippen LogP contribution in [0.25, 0.3) is 6.08 Å². The average Bonchev–Trinajstić information content (AvgIpc) is 3.25. The Morgan fingerprint density at radius 3 is 2.48 bits per heavy atom. The third-order valence-electron chi connectivity index (χ3n) is 7.44. The summed E-state index contributed by atoms with van der Waals surface area (Å²) in [7, 11) is 1.61. The number of carbonyl (C=O) groups is 2. The van der Waals surface area contributed by atoms with Crippen LogP contribution in [0.2, 0.25) is 0 Å². The predicted molar refractivity (Wildman–Crippen MR) is 120 cm³/mol. The van der Waals surface area contributed by atoms with Crippen LogP contribution in [0, 0.1) is 31.6 Å². The topological polar surface area (TPSA) is 66.8 Å². The molecular weight excluding hydrogens is 390 g/mol. The van der Waals surface area contributed by atoms with Crippen molar-refractivity contribution in [3.63, 3.8) is 0 Å². The van der Waals surface area contributed by atoms with Crippen molar-refractivity contribution in [1.82, 2.24) is 4.90 Å². The highest BCUT2D eigenvalue weighted by molar-refractivity contribution is 6.05. The average molecular weight is 424 g/mol. The Labute approximate surface area is 184 Å². The van der Waals surface area contributed by atoms with Gasteiger partial charge >= 0.3 is 0 Å². The van der Waals surface area contributed by atoms with Gasteiger partial charge in [0.1, 0.15) is 5.75 Å². The van der Waals surface area contributed by atoms with Crippen molar-refractivity contribution in [2.45, 2.75) is 59.5 Å². The van der Waals surface area contributed by atoms with Gasteiger partial charge in [0.05, 0.1) is 24.5 Å². The molecule has 1 aromatic carbocycles. The molecule has 166 valence electrons. The van der Waals surface area contributed by atoms with E-state index in [1.54, 1.807) is 7.05 Å². The number of phenols is 1. The van der Waals surface area contributed by atoms with Gasteiger partial charge in [-0.15, -0.1) is 0 Å². The van der Waals surface area contributed by atoms with Crippen LogP contribution in [0.1, 0.15) is 56.2 Å². The molecule has 4 atom stereocenters. The van der Waals surface area contributed by atoms with Crippen molar-refractivity contribution in [1.29, 1.82) is 0 Å². The largest absolute Gasteiger partial charge is 0.507 e. The Bertz CT molecular complexity index is 966. The molecule has 0 aromatic heterocycles. The Morgan fingerprint density at radius 2 is 1.84 bits per heavy atom. The molecule has 5 nitrogen and oxygen atoms in total. The van der Waals surface area contributed by atoms with Gasteiger partial charge in [-0.05, 0) is 80.9 Å². The Hall–Kier alpha value is -2.40. The van der Waals surface area contributed by atoms with Crippen LogP contribution < -0.4 is 0 Å². The fraction of sp³-hybridized carbons (Fsp3) is 0.538. The zero-order valence-corrected chi connectivity index (χ0v) is 19.2. The van der Waals surface area contributed by atoms with E-state index in [0.29, 0.717) is 18.8 Å². The molecule has 0 saturated carbocycles. The summed E-state index contributed by atoms with van der Waals surface area (Å²) >= 11 is 0. The summed E-state index contributed by atoms with van der Waals surface area (Å²) < 4.78 is 6.20. The first-order chi connectivity index (χ1) is 14.7. The molecule has 2 heterocycles. The number of hydrogen-bond acceptors (Lipinski definition) is 4. The molecule has 4 rings (SSSR count). The second kappa shape index (κ2) is 8.27. The maximum atomic E-state index is 12.7. The van der Waals surface area contributed by atoms with Gasteiger partial charge < -0.3 is 9.84 Å².